The minimum absolute atomic E-state index is 0. The molecule has 24 heavy (non-hydrogen) atoms. The number of aryl methyl sites for hydroxylation is 1. The molecule has 6 heteroatoms. The average Bonchev–Trinajstić information content (AvgIpc) is 2.97. The summed E-state index contributed by atoms with van der Waals surface area (Å²) < 4.78 is 0. The molecule has 1 aliphatic rings. The number of aliphatic imine (C=N–C) groups is 1. The van der Waals surface area contributed by atoms with Crippen molar-refractivity contribution in [3.63, 3.8) is 0 Å². The summed E-state index contributed by atoms with van der Waals surface area (Å²) in [5.41, 5.74) is 1.98. The average molecular weight is 463 g/mol. The van der Waals surface area contributed by atoms with Crippen molar-refractivity contribution in [2.75, 3.05) is 31.1 Å². The van der Waals surface area contributed by atoms with E-state index >= 15 is 0 Å². The normalized spacial score (nSPS) is 21.9. The van der Waals surface area contributed by atoms with Crippen LogP contribution >= 0.6 is 35.7 Å². The van der Waals surface area contributed by atoms with Gasteiger partial charge in [-0.15, -0.1) is 24.0 Å². The van der Waals surface area contributed by atoms with E-state index in [1.807, 2.05) is 0 Å². The number of benzene rings is 1. The smallest absolute Gasteiger partial charge is 0.191 e. The van der Waals surface area contributed by atoms with Crippen LogP contribution in [-0.2, 0) is 0 Å². The molecule has 0 bridgehead atoms. The first-order chi connectivity index (χ1) is 11.0. The summed E-state index contributed by atoms with van der Waals surface area (Å²) in [5, 5.41) is 17.1. The number of nitrogens with one attached hydrogen (secondary N) is 2. The highest BCUT2D eigenvalue weighted by Gasteiger charge is 2.31. The van der Waals surface area contributed by atoms with E-state index in [4.69, 9.17) is 0 Å². The van der Waals surface area contributed by atoms with E-state index in [0.717, 1.165) is 37.0 Å². The maximum Gasteiger partial charge on any atom is 0.191 e. The van der Waals surface area contributed by atoms with Crippen molar-refractivity contribution < 1.29 is 5.11 Å². The van der Waals surface area contributed by atoms with E-state index in [9.17, 15) is 5.11 Å². The zero-order valence-electron chi connectivity index (χ0n) is 14.8. The van der Waals surface area contributed by atoms with Crippen molar-refractivity contribution in [2.24, 2.45) is 4.99 Å². The largest absolute Gasteiger partial charge is 0.387 e. The van der Waals surface area contributed by atoms with Gasteiger partial charge < -0.3 is 15.7 Å². The van der Waals surface area contributed by atoms with Gasteiger partial charge >= 0.3 is 0 Å². The Hall–Kier alpha value is -0.470. The van der Waals surface area contributed by atoms with Gasteiger partial charge in [-0.25, -0.2) is 0 Å². The Bertz CT molecular complexity index is 516. The summed E-state index contributed by atoms with van der Waals surface area (Å²) in [4.78, 5) is 4.58. The predicted molar refractivity (Wildman–Crippen MR) is 116 cm³/mol. The number of hydrogen-bond acceptors (Lipinski definition) is 3. The van der Waals surface area contributed by atoms with Gasteiger partial charge in [-0.3, -0.25) is 4.99 Å². The molecule has 2 unspecified atom stereocenters. The molecule has 1 aromatic carbocycles. The minimum atomic E-state index is -0.629. The van der Waals surface area contributed by atoms with Crippen LogP contribution in [0.4, 0.5) is 0 Å². The molecule has 0 spiro atoms. The number of halogens is 1. The Kier molecular flexibility index (Phi) is 9.44. The fourth-order valence-corrected chi connectivity index (χ4v) is 3.84. The Labute approximate surface area is 167 Å². The maximum absolute atomic E-state index is 10.4. The number of rotatable bonds is 6. The van der Waals surface area contributed by atoms with Crippen LogP contribution in [0.25, 0.3) is 0 Å². The lowest BCUT2D eigenvalue weighted by Gasteiger charge is -2.21. The Morgan fingerprint density at radius 3 is 2.62 bits per heavy atom. The molecule has 1 saturated heterocycles. The quantitative estimate of drug-likeness (QED) is 0.345. The van der Waals surface area contributed by atoms with E-state index in [1.165, 1.54) is 11.1 Å². The number of guanidine groups is 1. The third-order valence-electron chi connectivity index (χ3n) is 4.18. The number of thioether (sulfide) groups is 1. The summed E-state index contributed by atoms with van der Waals surface area (Å²) in [7, 11) is 0. The molecule has 2 atom stereocenters. The first-order valence-corrected chi connectivity index (χ1v) is 9.57. The van der Waals surface area contributed by atoms with E-state index in [1.54, 1.807) is 11.8 Å². The molecule has 0 radical (unpaired) electrons. The van der Waals surface area contributed by atoms with Gasteiger partial charge in [0, 0.05) is 18.8 Å². The summed E-state index contributed by atoms with van der Waals surface area (Å²) in [6.45, 7) is 8.48. The molecule has 0 amide bonds. The Balaban J connectivity index is 0.00000288. The second-order valence-corrected chi connectivity index (χ2v) is 7.52. The van der Waals surface area contributed by atoms with E-state index in [2.05, 4.69) is 60.7 Å². The van der Waals surface area contributed by atoms with Crippen molar-refractivity contribution in [2.45, 2.75) is 38.7 Å². The van der Waals surface area contributed by atoms with Gasteiger partial charge in [0.25, 0.3) is 0 Å². The van der Waals surface area contributed by atoms with Crippen LogP contribution in [0.15, 0.2) is 29.3 Å². The van der Waals surface area contributed by atoms with Crippen LogP contribution in [0, 0.1) is 6.92 Å². The van der Waals surface area contributed by atoms with Gasteiger partial charge in [0.1, 0.15) is 0 Å². The van der Waals surface area contributed by atoms with Gasteiger partial charge in [0.15, 0.2) is 5.96 Å². The molecule has 0 aromatic heterocycles. The van der Waals surface area contributed by atoms with Crippen molar-refractivity contribution in [3.05, 3.63) is 35.4 Å². The number of aliphatic hydroxyl groups is 1. The highest BCUT2D eigenvalue weighted by molar-refractivity contribution is 14.0. The zero-order valence-corrected chi connectivity index (χ0v) is 18.0. The lowest BCUT2D eigenvalue weighted by molar-refractivity contribution is 0.0778. The van der Waals surface area contributed by atoms with E-state index < -0.39 is 5.60 Å². The third-order valence-corrected chi connectivity index (χ3v) is 5.41. The van der Waals surface area contributed by atoms with Crippen LogP contribution in [-0.4, -0.2) is 47.8 Å². The molecule has 2 rings (SSSR count). The van der Waals surface area contributed by atoms with Gasteiger partial charge in [-0.2, -0.15) is 11.8 Å². The molecule has 1 heterocycles. The summed E-state index contributed by atoms with van der Waals surface area (Å²) in [5.74, 6) is 3.01. The highest BCUT2D eigenvalue weighted by atomic mass is 127. The SMILES string of the molecule is CCNC(=NCC1(O)CCSC1)NCC(C)c1ccc(C)cc1.I. The number of nitrogens with zero attached hydrogens (tertiary/aromatic N) is 1. The van der Waals surface area contributed by atoms with Crippen molar-refractivity contribution in [1.29, 1.82) is 0 Å². The van der Waals surface area contributed by atoms with Gasteiger partial charge in [0.2, 0.25) is 0 Å². The molecule has 136 valence electrons. The first-order valence-electron chi connectivity index (χ1n) is 8.41. The van der Waals surface area contributed by atoms with E-state index in [-0.39, 0.29) is 24.0 Å². The second-order valence-electron chi connectivity index (χ2n) is 6.41. The Morgan fingerprint density at radius 1 is 1.33 bits per heavy atom. The second kappa shape index (κ2) is 10.5. The highest BCUT2D eigenvalue weighted by Crippen LogP contribution is 2.27. The topological polar surface area (TPSA) is 56.7 Å². The van der Waals surface area contributed by atoms with Crippen molar-refractivity contribution in [3.8, 4) is 0 Å². The van der Waals surface area contributed by atoms with Crippen LogP contribution in [0.2, 0.25) is 0 Å². The van der Waals surface area contributed by atoms with Crippen molar-refractivity contribution >= 4 is 41.7 Å². The van der Waals surface area contributed by atoms with Gasteiger partial charge in [-0.05, 0) is 37.5 Å². The molecule has 0 aliphatic carbocycles. The molecule has 0 saturated carbocycles. The molecule has 3 N–H and O–H groups in total. The standard InChI is InChI=1S/C18H29N3OS.HI/c1-4-19-17(21-12-18(22)9-10-23-13-18)20-11-15(3)16-7-5-14(2)6-8-16;/h5-8,15,22H,4,9-13H2,1-3H3,(H2,19,20,21);1H. The molecule has 4 nitrogen and oxygen atoms in total. The van der Waals surface area contributed by atoms with Crippen LogP contribution in [0.5, 0.6) is 0 Å². The summed E-state index contributed by atoms with van der Waals surface area (Å²) >= 11 is 1.80. The predicted octanol–water partition coefficient (Wildman–Crippen LogP) is 3.14. The summed E-state index contributed by atoms with van der Waals surface area (Å²) in [6, 6.07) is 8.67. The zero-order chi connectivity index (χ0) is 16.7. The minimum Gasteiger partial charge on any atom is -0.387 e. The first kappa shape index (κ1) is 21.6. The van der Waals surface area contributed by atoms with Crippen LogP contribution in [0.3, 0.4) is 0 Å². The van der Waals surface area contributed by atoms with E-state index in [0.29, 0.717) is 12.5 Å². The molecule has 1 fully saturated rings. The van der Waals surface area contributed by atoms with Crippen molar-refractivity contribution in [1.82, 2.24) is 10.6 Å². The Morgan fingerprint density at radius 2 is 2.04 bits per heavy atom. The summed E-state index contributed by atoms with van der Waals surface area (Å²) in [6.07, 6.45) is 0.834. The van der Waals surface area contributed by atoms with Gasteiger partial charge in [0.05, 0.1) is 12.1 Å². The van der Waals surface area contributed by atoms with Crippen LogP contribution < -0.4 is 10.6 Å². The molecular weight excluding hydrogens is 433 g/mol. The number of hydrogen-bond donors (Lipinski definition) is 3. The third kappa shape index (κ3) is 6.80. The maximum atomic E-state index is 10.4. The lowest BCUT2D eigenvalue weighted by Crippen LogP contribution is -2.41. The molecule has 1 aromatic rings. The molecular formula is C18H30IN3OS. The lowest BCUT2D eigenvalue weighted by atomic mass is 10.0. The van der Waals surface area contributed by atoms with Gasteiger partial charge in [-0.1, -0.05) is 36.8 Å². The molecule has 1 aliphatic heterocycles. The fourth-order valence-electron chi connectivity index (χ4n) is 2.55. The monoisotopic (exact) mass is 463 g/mol. The van der Waals surface area contributed by atoms with Crippen LogP contribution in [0.1, 0.15) is 37.3 Å². The fraction of sp³-hybridized carbons (Fsp3) is 0.611.